The van der Waals surface area contributed by atoms with Crippen molar-refractivity contribution in [3.05, 3.63) is 0 Å². The second kappa shape index (κ2) is 6.05. The average molecular weight is 253 g/mol. The van der Waals surface area contributed by atoms with Gasteiger partial charge in [0.05, 0.1) is 5.41 Å². The van der Waals surface area contributed by atoms with Crippen molar-refractivity contribution in [3.8, 4) is 0 Å². The van der Waals surface area contributed by atoms with Crippen LogP contribution in [0.5, 0.6) is 0 Å². The van der Waals surface area contributed by atoms with E-state index in [0.29, 0.717) is 6.04 Å². The van der Waals surface area contributed by atoms with Crippen molar-refractivity contribution in [2.75, 3.05) is 13.1 Å². The van der Waals surface area contributed by atoms with E-state index in [1.54, 1.807) is 0 Å². The normalized spacial score (nSPS) is 28.4. The van der Waals surface area contributed by atoms with E-state index in [9.17, 15) is 9.90 Å². The number of nitrogens with zero attached hydrogens (tertiary/aromatic N) is 1. The highest BCUT2D eigenvalue weighted by atomic mass is 16.4. The lowest BCUT2D eigenvalue weighted by atomic mass is 9.84. The highest BCUT2D eigenvalue weighted by Crippen LogP contribution is 2.40. The molecule has 0 spiro atoms. The van der Waals surface area contributed by atoms with Crippen molar-refractivity contribution < 1.29 is 9.90 Å². The van der Waals surface area contributed by atoms with Gasteiger partial charge in [0, 0.05) is 12.6 Å². The second-order valence-corrected chi connectivity index (χ2v) is 6.20. The van der Waals surface area contributed by atoms with Crippen molar-refractivity contribution >= 4 is 5.97 Å². The molecule has 0 radical (unpaired) electrons. The van der Waals surface area contributed by atoms with E-state index >= 15 is 0 Å². The summed E-state index contributed by atoms with van der Waals surface area (Å²) in [5.41, 5.74) is -0.427. The molecule has 1 atom stereocenters. The zero-order valence-corrected chi connectivity index (χ0v) is 11.7. The first kappa shape index (κ1) is 13.9. The fourth-order valence-corrected chi connectivity index (χ4v) is 3.81. The lowest BCUT2D eigenvalue weighted by molar-refractivity contribution is -0.150. The van der Waals surface area contributed by atoms with Crippen LogP contribution in [-0.4, -0.2) is 35.1 Å². The van der Waals surface area contributed by atoms with Crippen molar-refractivity contribution in [2.45, 2.75) is 70.8 Å². The summed E-state index contributed by atoms with van der Waals surface area (Å²) in [5, 5.41) is 9.58. The highest BCUT2D eigenvalue weighted by molar-refractivity contribution is 5.75. The van der Waals surface area contributed by atoms with Gasteiger partial charge >= 0.3 is 5.97 Å². The summed E-state index contributed by atoms with van der Waals surface area (Å²) in [5.74, 6) is -0.555. The van der Waals surface area contributed by atoms with E-state index in [0.717, 1.165) is 38.8 Å². The van der Waals surface area contributed by atoms with Gasteiger partial charge in [-0.1, -0.05) is 32.6 Å². The maximum absolute atomic E-state index is 11.6. The molecule has 1 aliphatic heterocycles. The van der Waals surface area contributed by atoms with E-state index in [4.69, 9.17) is 0 Å². The Hall–Kier alpha value is -0.570. The number of piperidine rings is 1. The van der Waals surface area contributed by atoms with Crippen LogP contribution in [0.3, 0.4) is 0 Å². The molecule has 1 saturated heterocycles. The van der Waals surface area contributed by atoms with E-state index < -0.39 is 11.4 Å². The Kier molecular flexibility index (Phi) is 4.66. The molecule has 1 unspecified atom stereocenters. The van der Waals surface area contributed by atoms with Crippen molar-refractivity contribution in [2.24, 2.45) is 5.41 Å². The maximum Gasteiger partial charge on any atom is 0.310 e. The molecule has 18 heavy (non-hydrogen) atoms. The zero-order chi connectivity index (χ0) is 13.0. The largest absolute Gasteiger partial charge is 0.481 e. The number of likely N-dealkylation sites (tertiary alicyclic amines) is 1. The molecule has 1 saturated carbocycles. The first-order chi connectivity index (χ1) is 8.68. The molecular formula is C15H27NO2. The van der Waals surface area contributed by atoms with Crippen LogP contribution in [0.4, 0.5) is 0 Å². The number of aliphatic carboxylic acids is 1. The molecule has 104 valence electrons. The van der Waals surface area contributed by atoms with Gasteiger partial charge in [-0.25, -0.2) is 0 Å². The van der Waals surface area contributed by atoms with Crippen LogP contribution in [-0.2, 0) is 4.79 Å². The Balaban J connectivity index is 2.02. The van der Waals surface area contributed by atoms with Gasteiger partial charge in [-0.2, -0.15) is 0 Å². The third kappa shape index (κ3) is 2.87. The molecule has 1 N–H and O–H groups in total. The van der Waals surface area contributed by atoms with Crippen molar-refractivity contribution in [1.82, 2.24) is 4.90 Å². The molecule has 2 aliphatic rings. The lowest BCUT2D eigenvalue weighted by Crippen LogP contribution is -2.48. The average Bonchev–Trinajstić information content (AvgIpc) is 2.82. The molecule has 1 heterocycles. The van der Waals surface area contributed by atoms with Crippen LogP contribution in [0, 0.1) is 5.41 Å². The number of rotatable bonds is 5. The van der Waals surface area contributed by atoms with E-state index in [2.05, 4.69) is 11.8 Å². The van der Waals surface area contributed by atoms with E-state index in [1.165, 1.54) is 32.1 Å². The van der Waals surface area contributed by atoms with Crippen LogP contribution in [0.2, 0.25) is 0 Å². The Morgan fingerprint density at radius 3 is 2.61 bits per heavy atom. The van der Waals surface area contributed by atoms with Crippen LogP contribution >= 0.6 is 0 Å². The number of hydrogen-bond acceptors (Lipinski definition) is 2. The number of carboxylic acids is 1. The van der Waals surface area contributed by atoms with E-state index in [-0.39, 0.29) is 0 Å². The summed E-state index contributed by atoms with van der Waals surface area (Å²) in [7, 11) is 0. The minimum atomic E-state index is -0.555. The number of carbonyl (C=O) groups is 1. The molecule has 0 bridgehead atoms. The highest BCUT2D eigenvalue weighted by Gasteiger charge is 2.43. The monoisotopic (exact) mass is 253 g/mol. The Morgan fingerprint density at radius 1 is 1.28 bits per heavy atom. The Bertz CT molecular complexity index is 282. The smallest absolute Gasteiger partial charge is 0.310 e. The van der Waals surface area contributed by atoms with Gasteiger partial charge in [-0.05, 0) is 38.6 Å². The quantitative estimate of drug-likeness (QED) is 0.817. The molecule has 3 nitrogen and oxygen atoms in total. The van der Waals surface area contributed by atoms with Gasteiger partial charge in [-0.15, -0.1) is 0 Å². The maximum atomic E-state index is 11.6. The van der Waals surface area contributed by atoms with Gasteiger partial charge in [0.2, 0.25) is 0 Å². The number of hydrogen-bond donors (Lipinski definition) is 1. The van der Waals surface area contributed by atoms with Crippen molar-refractivity contribution in [1.29, 1.82) is 0 Å². The summed E-state index contributed by atoms with van der Waals surface area (Å²) in [6.07, 6.45) is 10.2. The zero-order valence-electron chi connectivity index (χ0n) is 11.7. The molecule has 1 aliphatic carbocycles. The van der Waals surface area contributed by atoms with E-state index in [1.807, 2.05) is 0 Å². The predicted octanol–water partition coefficient (Wildman–Crippen LogP) is 3.29. The number of carboxylic acid groups (broad SMARTS) is 1. The van der Waals surface area contributed by atoms with Gasteiger partial charge in [-0.3, -0.25) is 9.69 Å². The summed E-state index contributed by atoms with van der Waals surface area (Å²) >= 11 is 0. The molecule has 0 aromatic rings. The molecule has 0 aromatic heterocycles. The molecule has 2 fully saturated rings. The van der Waals surface area contributed by atoms with Crippen molar-refractivity contribution in [3.63, 3.8) is 0 Å². The van der Waals surface area contributed by atoms with Crippen LogP contribution in [0.15, 0.2) is 0 Å². The minimum absolute atomic E-state index is 0.427. The topological polar surface area (TPSA) is 40.5 Å². The second-order valence-electron chi connectivity index (χ2n) is 6.20. The summed E-state index contributed by atoms with van der Waals surface area (Å²) in [4.78, 5) is 14.1. The van der Waals surface area contributed by atoms with Gasteiger partial charge in [0.15, 0.2) is 0 Å². The molecular weight excluding hydrogens is 226 g/mol. The molecule has 3 heteroatoms. The van der Waals surface area contributed by atoms with Crippen LogP contribution in [0.25, 0.3) is 0 Å². The SMILES string of the molecule is CCCC1CCCCN1CC1(C(=O)O)CCCC1. The van der Waals surface area contributed by atoms with Gasteiger partial charge < -0.3 is 5.11 Å². The standard InChI is InChI=1S/C15H27NO2/c1-2-7-13-8-3-6-11-16(13)12-15(14(17)18)9-4-5-10-15/h13H,2-12H2,1H3,(H,17,18). The third-order valence-corrected chi connectivity index (χ3v) is 4.89. The lowest BCUT2D eigenvalue weighted by Gasteiger charge is -2.40. The Morgan fingerprint density at radius 2 is 2.00 bits per heavy atom. The first-order valence-electron chi connectivity index (χ1n) is 7.65. The molecule has 0 amide bonds. The van der Waals surface area contributed by atoms with Crippen LogP contribution in [0.1, 0.15) is 64.7 Å². The predicted molar refractivity (Wildman–Crippen MR) is 72.7 cm³/mol. The first-order valence-corrected chi connectivity index (χ1v) is 7.65. The summed E-state index contributed by atoms with van der Waals surface area (Å²) in [6, 6.07) is 0.639. The molecule has 2 rings (SSSR count). The summed E-state index contributed by atoms with van der Waals surface area (Å²) in [6.45, 7) is 4.14. The summed E-state index contributed by atoms with van der Waals surface area (Å²) < 4.78 is 0. The van der Waals surface area contributed by atoms with Gasteiger partial charge in [0.25, 0.3) is 0 Å². The fraction of sp³-hybridized carbons (Fsp3) is 0.933. The minimum Gasteiger partial charge on any atom is -0.481 e. The molecule has 0 aromatic carbocycles. The third-order valence-electron chi connectivity index (χ3n) is 4.89. The van der Waals surface area contributed by atoms with Gasteiger partial charge in [0.1, 0.15) is 0 Å². The van der Waals surface area contributed by atoms with Crippen LogP contribution < -0.4 is 0 Å². The Labute approximate surface area is 111 Å². The fourth-order valence-electron chi connectivity index (χ4n) is 3.81.